The van der Waals surface area contributed by atoms with Crippen LogP contribution < -0.4 is 0 Å². The van der Waals surface area contributed by atoms with Crippen molar-refractivity contribution in [2.24, 2.45) is 0 Å². The highest BCUT2D eigenvalue weighted by Gasteiger charge is 2.24. The second-order valence-electron chi connectivity index (χ2n) is 14.6. The van der Waals surface area contributed by atoms with Crippen molar-refractivity contribution in [2.75, 3.05) is 0 Å². The zero-order valence-corrected chi connectivity index (χ0v) is 30.7. The molecular weight excluding hydrogens is 675 g/mol. The minimum Gasteiger partial charge on any atom is -0.247 e. The van der Waals surface area contributed by atoms with Gasteiger partial charge < -0.3 is 0 Å². The minimum atomic E-state index is 0.962. The normalized spacial score (nSPS) is 11.6. The Kier molecular flexibility index (Phi) is 7.57. The molecule has 1 aromatic heterocycles. The summed E-state index contributed by atoms with van der Waals surface area (Å²) in [6.07, 6.45) is 0. The lowest BCUT2D eigenvalue weighted by Crippen LogP contribution is -1.98. The molecule has 1 aliphatic rings. The van der Waals surface area contributed by atoms with Gasteiger partial charge in [-0.25, -0.2) is 4.98 Å². The van der Waals surface area contributed by atoms with E-state index >= 15 is 0 Å². The first-order valence-electron chi connectivity index (χ1n) is 19.3. The second-order valence-corrected chi connectivity index (χ2v) is 14.6. The summed E-state index contributed by atoms with van der Waals surface area (Å²) in [6.45, 7) is 0. The number of pyridine rings is 1. The number of hydrogen-bond donors (Lipinski definition) is 0. The van der Waals surface area contributed by atoms with Gasteiger partial charge in [-0.1, -0.05) is 194 Å². The van der Waals surface area contributed by atoms with Crippen molar-refractivity contribution in [3.05, 3.63) is 212 Å². The average molecular weight is 710 g/mol. The van der Waals surface area contributed by atoms with Crippen LogP contribution in [0.4, 0.5) is 0 Å². The van der Waals surface area contributed by atoms with E-state index in [1.54, 1.807) is 0 Å². The summed E-state index contributed by atoms with van der Waals surface area (Å²) < 4.78 is 0. The van der Waals surface area contributed by atoms with Gasteiger partial charge in [0.25, 0.3) is 0 Å². The molecule has 1 nitrogen and oxygen atoms in total. The van der Waals surface area contributed by atoms with Crippen LogP contribution in [-0.2, 0) is 0 Å². The van der Waals surface area contributed by atoms with Crippen LogP contribution in [0.15, 0.2) is 212 Å². The largest absolute Gasteiger partial charge is 0.247 e. The molecule has 0 radical (unpaired) electrons. The van der Waals surface area contributed by atoms with Crippen molar-refractivity contribution in [2.45, 2.75) is 0 Å². The second kappa shape index (κ2) is 13.2. The van der Waals surface area contributed by atoms with Crippen molar-refractivity contribution in [1.29, 1.82) is 0 Å². The number of fused-ring (bicyclic) bond motifs is 10. The quantitative estimate of drug-likeness (QED) is 0.166. The molecule has 1 aliphatic carbocycles. The van der Waals surface area contributed by atoms with Crippen molar-refractivity contribution >= 4 is 21.5 Å². The molecule has 56 heavy (non-hydrogen) atoms. The van der Waals surface area contributed by atoms with Gasteiger partial charge in [0.15, 0.2) is 0 Å². The van der Waals surface area contributed by atoms with E-state index < -0.39 is 0 Å². The van der Waals surface area contributed by atoms with Crippen LogP contribution in [0.2, 0.25) is 0 Å². The Bertz CT molecular complexity index is 3060. The Morgan fingerprint density at radius 3 is 1.11 bits per heavy atom. The molecule has 0 bridgehead atoms. The molecule has 0 saturated heterocycles. The lowest BCUT2D eigenvalue weighted by Gasteiger charge is -2.24. The Hall–Kier alpha value is -7.35. The lowest BCUT2D eigenvalue weighted by molar-refractivity contribution is 1.32. The summed E-state index contributed by atoms with van der Waals surface area (Å²) in [7, 11) is 0. The highest BCUT2D eigenvalue weighted by atomic mass is 14.7. The van der Waals surface area contributed by atoms with Gasteiger partial charge in [0, 0.05) is 16.7 Å². The Labute approximate surface area is 326 Å². The molecule has 11 rings (SSSR count). The maximum absolute atomic E-state index is 5.40. The van der Waals surface area contributed by atoms with Crippen LogP contribution in [0.5, 0.6) is 0 Å². The number of hydrogen-bond acceptors (Lipinski definition) is 1. The fraction of sp³-hybridized carbons (Fsp3) is 0. The molecule has 0 aliphatic heterocycles. The van der Waals surface area contributed by atoms with E-state index in [1.165, 1.54) is 82.7 Å². The molecule has 260 valence electrons. The van der Waals surface area contributed by atoms with E-state index in [0.29, 0.717) is 0 Å². The molecule has 0 saturated carbocycles. The van der Waals surface area contributed by atoms with Crippen LogP contribution in [0.3, 0.4) is 0 Å². The predicted octanol–water partition coefficient (Wildman–Crippen LogP) is 15.0. The fourth-order valence-corrected chi connectivity index (χ4v) is 8.99. The monoisotopic (exact) mass is 709 g/mol. The van der Waals surface area contributed by atoms with Gasteiger partial charge in [-0.2, -0.15) is 0 Å². The van der Waals surface area contributed by atoms with E-state index in [-0.39, 0.29) is 0 Å². The van der Waals surface area contributed by atoms with Crippen molar-refractivity contribution in [3.63, 3.8) is 0 Å². The molecule has 0 amide bonds. The van der Waals surface area contributed by atoms with Crippen molar-refractivity contribution in [3.8, 4) is 89.3 Å². The van der Waals surface area contributed by atoms with Crippen LogP contribution in [0.25, 0.3) is 111 Å². The molecule has 0 unspecified atom stereocenters. The third-order valence-corrected chi connectivity index (χ3v) is 11.5. The predicted molar refractivity (Wildman–Crippen MR) is 236 cm³/mol. The first-order chi connectivity index (χ1) is 27.8. The number of aromatic nitrogens is 1. The minimum absolute atomic E-state index is 0.962. The molecule has 0 fully saturated rings. The summed E-state index contributed by atoms with van der Waals surface area (Å²) in [5, 5.41) is 4.85. The maximum atomic E-state index is 5.40. The Balaban J connectivity index is 1.19. The third kappa shape index (κ3) is 5.13. The van der Waals surface area contributed by atoms with Gasteiger partial charge in [-0.3, -0.25) is 0 Å². The van der Waals surface area contributed by atoms with E-state index in [4.69, 9.17) is 4.98 Å². The van der Waals surface area contributed by atoms with Crippen LogP contribution >= 0.6 is 0 Å². The Morgan fingerprint density at radius 2 is 0.607 bits per heavy atom. The lowest BCUT2D eigenvalue weighted by atomic mass is 9.79. The highest BCUT2D eigenvalue weighted by molar-refractivity contribution is 6.22. The van der Waals surface area contributed by atoms with E-state index in [0.717, 1.165) is 28.1 Å². The number of nitrogens with zero attached hydrogens (tertiary/aromatic N) is 1. The smallest absolute Gasteiger partial charge is 0.0788 e. The first-order valence-corrected chi connectivity index (χ1v) is 19.3. The van der Waals surface area contributed by atoms with Gasteiger partial charge in [-0.05, 0) is 101 Å². The van der Waals surface area contributed by atoms with Gasteiger partial charge in [0.2, 0.25) is 0 Å². The summed E-state index contributed by atoms with van der Waals surface area (Å²) in [4.78, 5) is 5.40. The summed E-state index contributed by atoms with van der Waals surface area (Å²) in [5.41, 5.74) is 18.9. The standard InChI is InChI=1S/C55H35N/c1-3-17-36(18-4-1)52-34-33-50(55(56-52)37-19-5-2-6-20-37)54-48-29-15-13-27-46(48)53(47-28-14-16-30-49(47)54)38-31-32-45-43-25-10-9-23-41(43)39-21-7-8-22-40(39)42-24-11-12-26-44(42)51(45)35-38/h1-35H. The molecule has 9 aromatic carbocycles. The molecular formula is C55H35N. The molecule has 10 aromatic rings. The molecule has 0 spiro atoms. The zero-order chi connectivity index (χ0) is 37.0. The number of rotatable bonds is 4. The fourth-order valence-electron chi connectivity index (χ4n) is 8.99. The molecule has 1 heteroatoms. The van der Waals surface area contributed by atoms with E-state index in [1.807, 2.05) is 0 Å². The van der Waals surface area contributed by atoms with Gasteiger partial charge >= 0.3 is 0 Å². The first kappa shape index (κ1) is 32.1. The average Bonchev–Trinajstić information content (AvgIpc) is 3.28. The van der Waals surface area contributed by atoms with Gasteiger partial charge in [0.05, 0.1) is 11.4 Å². The summed E-state index contributed by atoms with van der Waals surface area (Å²) in [6, 6.07) is 77.2. The summed E-state index contributed by atoms with van der Waals surface area (Å²) >= 11 is 0. The van der Waals surface area contributed by atoms with Crippen molar-refractivity contribution < 1.29 is 0 Å². The van der Waals surface area contributed by atoms with Crippen LogP contribution in [-0.4, -0.2) is 4.98 Å². The van der Waals surface area contributed by atoms with Crippen LogP contribution in [0.1, 0.15) is 0 Å². The molecule has 0 atom stereocenters. The topological polar surface area (TPSA) is 12.9 Å². The van der Waals surface area contributed by atoms with Crippen molar-refractivity contribution in [1.82, 2.24) is 4.98 Å². The summed E-state index contributed by atoms with van der Waals surface area (Å²) in [5.74, 6) is 0. The zero-order valence-electron chi connectivity index (χ0n) is 30.7. The van der Waals surface area contributed by atoms with E-state index in [9.17, 15) is 0 Å². The molecule has 1 heterocycles. The van der Waals surface area contributed by atoms with Gasteiger partial charge in [-0.15, -0.1) is 0 Å². The molecule has 0 N–H and O–H groups in total. The van der Waals surface area contributed by atoms with Crippen LogP contribution in [0, 0.1) is 0 Å². The third-order valence-electron chi connectivity index (χ3n) is 11.5. The van der Waals surface area contributed by atoms with E-state index in [2.05, 4.69) is 212 Å². The SMILES string of the molecule is c1ccc(-c2ccc(-c3c4ccccc4c(-c4ccc5c(c4)-c4ccccc4-c4ccccc4-c4ccccc4-5)c4ccccc34)c(-c3ccccc3)n2)cc1. The Morgan fingerprint density at radius 1 is 0.232 bits per heavy atom. The number of benzene rings is 9. The maximum Gasteiger partial charge on any atom is 0.0788 e. The van der Waals surface area contributed by atoms with Gasteiger partial charge in [0.1, 0.15) is 0 Å². The highest BCUT2D eigenvalue weighted by Crippen LogP contribution is 2.51.